The van der Waals surface area contributed by atoms with E-state index in [1.165, 1.54) is 7.05 Å². The van der Waals surface area contributed by atoms with Crippen LogP contribution in [0.15, 0.2) is 37.5 Å². The van der Waals surface area contributed by atoms with Gasteiger partial charge in [0.25, 0.3) is 0 Å². The molecule has 0 unspecified atom stereocenters. The van der Waals surface area contributed by atoms with Gasteiger partial charge in [0.2, 0.25) is 0 Å². The first-order valence-electron chi connectivity index (χ1n) is 7.64. The quantitative estimate of drug-likeness (QED) is 0.521. The molecule has 0 rings (SSSR count). The third-order valence-corrected chi connectivity index (χ3v) is 2.34. The number of nitrogens with zero attached hydrogens (tertiary/aromatic N) is 1. The predicted molar refractivity (Wildman–Crippen MR) is 101 cm³/mol. The molecule has 0 saturated heterocycles. The fraction of sp³-hybridized carbons (Fsp3) is 0.588. The summed E-state index contributed by atoms with van der Waals surface area (Å²) < 4.78 is 0. The highest BCUT2D eigenvalue weighted by molar-refractivity contribution is 5.73. The standard InChI is InChI=1S/C8H19N3O.C4H8.C4H6.CH5N/c1-4-11(5-2)7-6-10-8(12)9-3;2*1-3-4-2;1-2/h4-7H2,1-3H3,(H2,9,10,12);3-4H,1-2H3;3-4H,1-2H2;2H2,1H3/b;4-3-;;. The molecule has 0 aromatic heterocycles. The molecule has 0 aromatic carbocycles. The van der Waals surface area contributed by atoms with E-state index in [4.69, 9.17) is 0 Å². The minimum absolute atomic E-state index is 0.109. The lowest BCUT2D eigenvalue weighted by Crippen LogP contribution is -2.38. The average Bonchev–Trinajstić information content (AvgIpc) is 2.60. The number of carbonyl (C=O) groups is 1. The highest BCUT2D eigenvalue weighted by atomic mass is 16.2. The second kappa shape index (κ2) is 31.7. The minimum Gasteiger partial charge on any atom is -0.341 e. The van der Waals surface area contributed by atoms with Crippen LogP contribution in [0.2, 0.25) is 0 Å². The molecule has 132 valence electrons. The Hall–Kier alpha value is -1.59. The minimum atomic E-state index is -0.109. The molecule has 0 aliphatic carbocycles. The first kappa shape index (κ1) is 28.6. The molecule has 0 bridgehead atoms. The van der Waals surface area contributed by atoms with Crippen molar-refractivity contribution in [3.05, 3.63) is 37.5 Å². The Labute approximate surface area is 138 Å². The number of hydrogen-bond acceptors (Lipinski definition) is 3. The van der Waals surface area contributed by atoms with Crippen LogP contribution in [0.25, 0.3) is 0 Å². The number of urea groups is 1. The van der Waals surface area contributed by atoms with E-state index in [1.807, 2.05) is 26.0 Å². The van der Waals surface area contributed by atoms with Gasteiger partial charge in [0, 0.05) is 20.1 Å². The summed E-state index contributed by atoms with van der Waals surface area (Å²) in [6.07, 6.45) is 7.28. The molecule has 5 nitrogen and oxygen atoms in total. The molecule has 0 saturated carbocycles. The van der Waals surface area contributed by atoms with E-state index < -0.39 is 0 Å². The Kier molecular flexibility index (Phi) is 41.1. The van der Waals surface area contributed by atoms with Crippen molar-refractivity contribution in [1.29, 1.82) is 0 Å². The third-order valence-electron chi connectivity index (χ3n) is 2.34. The molecular weight excluding hydrogens is 276 g/mol. The highest BCUT2D eigenvalue weighted by Gasteiger charge is 1.99. The lowest BCUT2D eigenvalue weighted by Gasteiger charge is -2.17. The number of allylic oxidation sites excluding steroid dienone is 4. The Bertz CT molecular complexity index is 239. The number of rotatable bonds is 6. The Morgan fingerprint density at radius 1 is 1.09 bits per heavy atom. The molecular formula is C17H38N4O. The smallest absolute Gasteiger partial charge is 0.314 e. The van der Waals surface area contributed by atoms with E-state index in [1.54, 1.807) is 19.2 Å². The lowest BCUT2D eigenvalue weighted by atomic mass is 10.4. The van der Waals surface area contributed by atoms with Gasteiger partial charge in [0.15, 0.2) is 0 Å². The largest absolute Gasteiger partial charge is 0.341 e. The van der Waals surface area contributed by atoms with E-state index >= 15 is 0 Å². The number of carbonyl (C=O) groups excluding carboxylic acids is 1. The van der Waals surface area contributed by atoms with Gasteiger partial charge in [-0.25, -0.2) is 4.79 Å². The van der Waals surface area contributed by atoms with Crippen molar-refractivity contribution in [3.8, 4) is 0 Å². The zero-order valence-electron chi connectivity index (χ0n) is 15.5. The molecule has 0 spiro atoms. The summed E-state index contributed by atoms with van der Waals surface area (Å²) in [6, 6.07) is -0.109. The number of amides is 2. The summed E-state index contributed by atoms with van der Waals surface area (Å²) >= 11 is 0. The first-order valence-corrected chi connectivity index (χ1v) is 7.64. The number of nitrogens with one attached hydrogen (secondary N) is 2. The van der Waals surface area contributed by atoms with Gasteiger partial charge in [0.05, 0.1) is 0 Å². The maximum absolute atomic E-state index is 10.7. The van der Waals surface area contributed by atoms with Crippen molar-refractivity contribution >= 4 is 6.03 Å². The first-order chi connectivity index (χ1) is 10.6. The average molecular weight is 315 g/mol. The predicted octanol–water partition coefficient (Wildman–Crippen LogP) is 2.77. The lowest BCUT2D eigenvalue weighted by molar-refractivity contribution is 0.239. The van der Waals surface area contributed by atoms with Crippen molar-refractivity contribution in [1.82, 2.24) is 15.5 Å². The molecule has 2 amide bonds. The molecule has 22 heavy (non-hydrogen) atoms. The maximum Gasteiger partial charge on any atom is 0.314 e. The Balaban J connectivity index is -0.000000133. The van der Waals surface area contributed by atoms with Crippen LogP contribution in [0.4, 0.5) is 4.79 Å². The second-order valence-corrected chi connectivity index (χ2v) is 3.67. The van der Waals surface area contributed by atoms with Gasteiger partial charge >= 0.3 is 6.03 Å². The van der Waals surface area contributed by atoms with Crippen LogP contribution in [-0.2, 0) is 0 Å². The molecule has 0 aliphatic rings. The van der Waals surface area contributed by atoms with Crippen LogP contribution < -0.4 is 16.4 Å². The molecule has 5 heteroatoms. The molecule has 0 aromatic rings. The van der Waals surface area contributed by atoms with Gasteiger partial charge in [-0.05, 0) is 34.0 Å². The van der Waals surface area contributed by atoms with Gasteiger partial charge in [-0.15, -0.1) is 0 Å². The van der Waals surface area contributed by atoms with E-state index in [9.17, 15) is 4.79 Å². The monoisotopic (exact) mass is 314 g/mol. The number of hydrogen-bond donors (Lipinski definition) is 3. The van der Waals surface area contributed by atoms with Crippen LogP contribution >= 0.6 is 0 Å². The van der Waals surface area contributed by atoms with Gasteiger partial charge in [-0.1, -0.05) is 51.3 Å². The van der Waals surface area contributed by atoms with Crippen molar-refractivity contribution < 1.29 is 4.79 Å². The fourth-order valence-electron chi connectivity index (χ4n) is 0.956. The van der Waals surface area contributed by atoms with Crippen molar-refractivity contribution in [3.63, 3.8) is 0 Å². The second-order valence-electron chi connectivity index (χ2n) is 3.67. The zero-order chi connectivity index (χ0) is 18.2. The summed E-state index contributed by atoms with van der Waals surface area (Å²) in [5, 5.41) is 5.25. The summed E-state index contributed by atoms with van der Waals surface area (Å²) in [5.74, 6) is 0. The maximum atomic E-state index is 10.7. The number of nitrogens with two attached hydrogens (primary N) is 1. The molecule has 0 radical (unpaired) electrons. The summed E-state index contributed by atoms with van der Waals surface area (Å²) in [4.78, 5) is 13.0. The van der Waals surface area contributed by atoms with E-state index in [-0.39, 0.29) is 6.03 Å². The normalized spacial score (nSPS) is 8.36. The molecule has 0 fully saturated rings. The van der Waals surface area contributed by atoms with Crippen molar-refractivity contribution in [2.24, 2.45) is 5.73 Å². The Morgan fingerprint density at radius 2 is 1.50 bits per heavy atom. The highest BCUT2D eigenvalue weighted by Crippen LogP contribution is 1.83. The van der Waals surface area contributed by atoms with E-state index in [2.05, 4.69) is 48.3 Å². The fourth-order valence-corrected chi connectivity index (χ4v) is 0.956. The van der Waals surface area contributed by atoms with Crippen molar-refractivity contribution in [2.45, 2.75) is 27.7 Å². The zero-order valence-corrected chi connectivity index (χ0v) is 15.5. The van der Waals surface area contributed by atoms with E-state index in [0.717, 1.165) is 19.6 Å². The van der Waals surface area contributed by atoms with Gasteiger partial charge in [-0.2, -0.15) is 0 Å². The van der Waals surface area contributed by atoms with Crippen LogP contribution in [0, 0.1) is 0 Å². The van der Waals surface area contributed by atoms with Gasteiger partial charge in [-0.3, -0.25) is 0 Å². The number of likely N-dealkylation sites (N-methyl/N-ethyl adjacent to an activating group) is 1. The van der Waals surface area contributed by atoms with Crippen LogP contribution in [-0.4, -0.2) is 51.2 Å². The third kappa shape index (κ3) is 36.2. The Morgan fingerprint density at radius 3 is 1.73 bits per heavy atom. The summed E-state index contributed by atoms with van der Waals surface area (Å²) in [7, 11) is 3.12. The van der Waals surface area contributed by atoms with E-state index in [0.29, 0.717) is 6.54 Å². The summed E-state index contributed by atoms with van der Waals surface area (Å²) in [6.45, 7) is 18.6. The van der Waals surface area contributed by atoms with Crippen LogP contribution in [0.5, 0.6) is 0 Å². The van der Waals surface area contributed by atoms with Gasteiger partial charge in [0.1, 0.15) is 0 Å². The van der Waals surface area contributed by atoms with Crippen LogP contribution in [0.3, 0.4) is 0 Å². The summed E-state index contributed by atoms with van der Waals surface area (Å²) in [5.41, 5.74) is 4.50. The topological polar surface area (TPSA) is 70.4 Å². The molecule has 0 atom stereocenters. The van der Waals surface area contributed by atoms with Crippen molar-refractivity contribution in [2.75, 3.05) is 40.3 Å². The molecule has 0 aliphatic heterocycles. The molecule has 4 N–H and O–H groups in total. The van der Waals surface area contributed by atoms with Crippen LogP contribution in [0.1, 0.15) is 27.7 Å². The molecule has 0 heterocycles. The SMILES string of the molecule is C/C=C\C.C=CC=C.CCN(CC)CCNC(=O)NC.CN. The van der Waals surface area contributed by atoms with Gasteiger partial charge < -0.3 is 21.3 Å².